The molecule has 0 spiro atoms. The Hall–Kier alpha value is -2.27. The van der Waals surface area contributed by atoms with Gasteiger partial charge in [0.2, 0.25) is 6.29 Å². The molecule has 0 aliphatic rings. The summed E-state index contributed by atoms with van der Waals surface area (Å²) in [6, 6.07) is 14.9. The average molecular weight is 587 g/mol. The Morgan fingerprint density at radius 3 is 1.27 bits per heavy atom. The summed E-state index contributed by atoms with van der Waals surface area (Å²) < 4.78 is 0. The van der Waals surface area contributed by atoms with Gasteiger partial charge < -0.3 is 0 Å². The summed E-state index contributed by atoms with van der Waals surface area (Å²) in [6.07, 6.45) is 9.91. The molecule has 222 valence electrons. The molecule has 2 aromatic carbocycles. The van der Waals surface area contributed by atoms with Gasteiger partial charge in [-0.05, 0) is 30.7 Å². The van der Waals surface area contributed by atoms with Crippen molar-refractivity contribution in [2.75, 3.05) is 0 Å². The Bertz CT molecular complexity index is 950. The number of hydrogen-bond donors (Lipinski definition) is 0. The Morgan fingerprint density at radius 1 is 0.575 bits per heavy atom. The highest BCUT2D eigenvalue weighted by Crippen LogP contribution is 2.16. The molecule has 0 saturated carbocycles. The number of carbonyl (C=O) groups excluding carboxylic acids is 2. The summed E-state index contributed by atoms with van der Waals surface area (Å²) in [5, 5.41) is 2.50. The summed E-state index contributed by atoms with van der Waals surface area (Å²) >= 11 is 0. The van der Waals surface area contributed by atoms with E-state index in [1.807, 2.05) is 24.3 Å². The first kappa shape index (κ1) is 33.9. The molecule has 2 aromatic rings. The molecular formula is C32H50O6Si2. The fourth-order valence-electron chi connectivity index (χ4n) is 4.24. The van der Waals surface area contributed by atoms with E-state index in [-0.39, 0.29) is 0 Å². The van der Waals surface area contributed by atoms with E-state index < -0.39 is 34.4 Å². The SMILES string of the molecule is CCCCCCCCCCCC(OOC(=O)c1ccc([Si](C)(C)C)cc1)OOC(=O)c1ccc([Si](C)(C)C)cc1. The van der Waals surface area contributed by atoms with Gasteiger partial charge in [-0.15, -0.1) is 9.78 Å². The number of rotatable bonds is 18. The van der Waals surface area contributed by atoms with Crippen LogP contribution < -0.4 is 10.4 Å². The topological polar surface area (TPSA) is 71.1 Å². The molecule has 0 aromatic heterocycles. The fourth-order valence-corrected chi connectivity index (χ4v) is 6.57. The van der Waals surface area contributed by atoms with E-state index in [1.165, 1.54) is 48.9 Å². The molecule has 0 aliphatic heterocycles. The number of hydrogen-bond acceptors (Lipinski definition) is 6. The van der Waals surface area contributed by atoms with Crippen molar-refractivity contribution < 1.29 is 29.1 Å². The van der Waals surface area contributed by atoms with Gasteiger partial charge in [0.15, 0.2) is 0 Å². The monoisotopic (exact) mass is 586 g/mol. The van der Waals surface area contributed by atoms with Crippen molar-refractivity contribution in [3.05, 3.63) is 59.7 Å². The van der Waals surface area contributed by atoms with Crippen molar-refractivity contribution >= 4 is 38.5 Å². The van der Waals surface area contributed by atoms with Crippen LogP contribution in [0, 0.1) is 0 Å². The number of unbranched alkanes of at least 4 members (excludes halogenated alkanes) is 8. The Balaban J connectivity index is 1.91. The third-order valence-electron chi connectivity index (χ3n) is 6.98. The zero-order valence-electron chi connectivity index (χ0n) is 25.7. The highest BCUT2D eigenvalue weighted by Gasteiger charge is 2.22. The minimum atomic E-state index is -1.47. The summed E-state index contributed by atoms with van der Waals surface area (Å²) in [5.74, 6) is -1.23. The summed E-state index contributed by atoms with van der Waals surface area (Å²) in [7, 11) is -2.95. The lowest BCUT2D eigenvalue weighted by Crippen LogP contribution is -2.37. The predicted molar refractivity (Wildman–Crippen MR) is 167 cm³/mol. The first-order valence-electron chi connectivity index (χ1n) is 14.9. The fraction of sp³-hybridized carbons (Fsp3) is 0.562. The first-order valence-corrected chi connectivity index (χ1v) is 21.9. The molecule has 0 fully saturated rings. The van der Waals surface area contributed by atoms with E-state index in [2.05, 4.69) is 46.2 Å². The summed E-state index contributed by atoms with van der Waals surface area (Å²) in [5.41, 5.74) is 0.784. The van der Waals surface area contributed by atoms with Crippen LogP contribution in [-0.4, -0.2) is 34.4 Å². The summed E-state index contributed by atoms with van der Waals surface area (Å²) in [4.78, 5) is 46.1. The lowest BCUT2D eigenvalue weighted by atomic mass is 10.1. The van der Waals surface area contributed by atoms with Crippen LogP contribution in [0.4, 0.5) is 0 Å². The van der Waals surface area contributed by atoms with E-state index in [0.29, 0.717) is 17.5 Å². The van der Waals surface area contributed by atoms with Gasteiger partial charge in [0, 0.05) is 6.42 Å². The smallest absolute Gasteiger partial charge is 0.290 e. The molecule has 0 unspecified atom stereocenters. The van der Waals surface area contributed by atoms with Crippen molar-refractivity contribution in [2.45, 2.75) is 117 Å². The van der Waals surface area contributed by atoms with Crippen LogP contribution in [0.2, 0.25) is 39.3 Å². The second-order valence-electron chi connectivity index (χ2n) is 12.6. The second kappa shape index (κ2) is 16.9. The molecule has 0 heterocycles. The van der Waals surface area contributed by atoms with Crippen LogP contribution in [0.5, 0.6) is 0 Å². The van der Waals surface area contributed by atoms with Gasteiger partial charge in [-0.1, -0.05) is 132 Å². The van der Waals surface area contributed by atoms with Crippen LogP contribution >= 0.6 is 0 Å². The minimum absolute atomic E-state index is 0.392. The van der Waals surface area contributed by atoms with Crippen molar-refractivity contribution in [2.24, 2.45) is 0 Å². The number of benzene rings is 2. The van der Waals surface area contributed by atoms with Crippen molar-refractivity contribution in [3.63, 3.8) is 0 Å². The van der Waals surface area contributed by atoms with Crippen LogP contribution in [-0.2, 0) is 19.6 Å². The summed E-state index contributed by atoms with van der Waals surface area (Å²) in [6.45, 7) is 15.7. The molecule has 0 saturated heterocycles. The van der Waals surface area contributed by atoms with Gasteiger partial charge in [0.25, 0.3) is 0 Å². The minimum Gasteiger partial charge on any atom is -0.290 e. The largest absolute Gasteiger partial charge is 0.373 e. The van der Waals surface area contributed by atoms with Crippen LogP contribution in [0.25, 0.3) is 0 Å². The number of carbonyl (C=O) groups is 2. The van der Waals surface area contributed by atoms with E-state index in [4.69, 9.17) is 19.6 Å². The van der Waals surface area contributed by atoms with E-state index >= 15 is 0 Å². The van der Waals surface area contributed by atoms with Gasteiger partial charge in [-0.3, -0.25) is 9.78 Å². The van der Waals surface area contributed by atoms with Gasteiger partial charge in [-0.2, -0.15) is 0 Å². The van der Waals surface area contributed by atoms with Gasteiger partial charge in [-0.25, -0.2) is 9.59 Å². The standard InChI is InChI=1S/C32H50O6Si2/c1-8-9-10-11-12-13-14-15-16-17-30(35-37-31(33)26-18-22-28(23-19-26)39(2,3)4)36-38-32(34)27-20-24-29(25-21-27)40(5,6)7/h18-25,30H,8-17H2,1-7H3. The zero-order valence-corrected chi connectivity index (χ0v) is 27.7. The van der Waals surface area contributed by atoms with E-state index in [9.17, 15) is 9.59 Å². The lowest BCUT2D eigenvalue weighted by molar-refractivity contribution is -0.421. The molecule has 0 N–H and O–H groups in total. The molecule has 0 radical (unpaired) electrons. The molecule has 8 heteroatoms. The molecule has 0 amide bonds. The zero-order chi connectivity index (χ0) is 29.6. The highest BCUT2D eigenvalue weighted by atomic mass is 28.3. The third-order valence-corrected chi connectivity index (χ3v) is 11.1. The third kappa shape index (κ3) is 12.5. The molecule has 2 rings (SSSR count). The molecule has 0 aliphatic carbocycles. The molecule has 6 nitrogen and oxygen atoms in total. The maximum Gasteiger partial charge on any atom is 0.373 e. The first-order chi connectivity index (χ1) is 18.9. The highest BCUT2D eigenvalue weighted by molar-refractivity contribution is 6.89. The maximum absolute atomic E-state index is 12.6. The normalized spacial score (nSPS) is 12.0. The van der Waals surface area contributed by atoms with Crippen molar-refractivity contribution in [3.8, 4) is 0 Å². The predicted octanol–water partition coefficient (Wildman–Crippen LogP) is 7.90. The van der Waals surface area contributed by atoms with Crippen LogP contribution in [0.15, 0.2) is 48.5 Å². The quantitative estimate of drug-likeness (QED) is 0.0581. The lowest BCUT2D eigenvalue weighted by Gasteiger charge is -2.17. The Labute approximate surface area is 243 Å². The second-order valence-corrected chi connectivity index (χ2v) is 22.8. The molecular weight excluding hydrogens is 537 g/mol. The van der Waals surface area contributed by atoms with Gasteiger partial charge in [0.1, 0.15) is 0 Å². The van der Waals surface area contributed by atoms with Gasteiger partial charge >= 0.3 is 11.9 Å². The van der Waals surface area contributed by atoms with E-state index in [1.54, 1.807) is 24.3 Å². The maximum atomic E-state index is 12.6. The van der Waals surface area contributed by atoms with Gasteiger partial charge in [0.05, 0.1) is 27.3 Å². The molecule has 40 heavy (non-hydrogen) atoms. The molecule has 0 atom stereocenters. The Morgan fingerprint density at radius 2 is 0.925 bits per heavy atom. The Kier molecular flexibility index (Phi) is 14.3. The van der Waals surface area contributed by atoms with Crippen molar-refractivity contribution in [1.82, 2.24) is 0 Å². The van der Waals surface area contributed by atoms with Crippen LogP contribution in [0.3, 0.4) is 0 Å². The van der Waals surface area contributed by atoms with Crippen molar-refractivity contribution in [1.29, 1.82) is 0 Å². The van der Waals surface area contributed by atoms with Crippen LogP contribution in [0.1, 0.15) is 91.8 Å². The van der Waals surface area contributed by atoms with E-state index in [0.717, 1.165) is 19.3 Å². The average Bonchev–Trinajstić information content (AvgIpc) is 2.92. The molecule has 0 bridgehead atoms.